The molecule has 4 heteroatoms. The van der Waals surface area contributed by atoms with Gasteiger partial charge in [-0.15, -0.1) is 22.9 Å². The molecule has 1 unspecified atom stereocenters. The molecule has 0 spiro atoms. The molecule has 0 saturated heterocycles. The lowest BCUT2D eigenvalue weighted by atomic mass is 9.98. The largest absolute Gasteiger partial charge is 0.250 e. The van der Waals surface area contributed by atoms with Crippen molar-refractivity contribution in [3.63, 3.8) is 0 Å². The Morgan fingerprint density at radius 2 is 2.24 bits per heavy atom. The maximum absolute atomic E-state index is 13.1. The van der Waals surface area contributed by atoms with Crippen LogP contribution in [-0.4, -0.2) is 10.9 Å². The molecule has 0 N–H and O–H groups in total. The molecule has 0 saturated carbocycles. The van der Waals surface area contributed by atoms with Gasteiger partial charge in [-0.05, 0) is 30.0 Å². The van der Waals surface area contributed by atoms with Crippen molar-refractivity contribution in [3.05, 3.63) is 52.2 Å². The number of rotatable bonds is 5. The Hall–Kier alpha value is -0.930. The van der Waals surface area contributed by atoms with Crippen molar-refractivity contribution in [1.29, 1.82) is 0 Å². The molecule has 0 aliphatic carbocycles. The molecule has 90 valence electrons. The van der Waals surface area contributed by atoms with Crippen LogP contribution in [0.1, 0.15) is 10.6 Å². The molecular formula is C13H13ClFNS. The second-order valence-electron chi connectivity index (χ2n) is 3.98. The number of thiazole rings is 1. The minimum atomic E-state index is -0.190. The molecule has 2 rings (SSSR count). The topological polar surface area (TPSA) is 12.9 Å². The fourth-order valence-electron chi connectivity index (χ4n) is 1.78. The van der Waals surface area contributed by atoms with Gasteiger partial charge in [0.15, 0.2) is 0 Å². The van der Waals surface area contributed by atoms with Gasteiger partial charge in [0.1, 0.15) is 5.82 Å². The SMILES string of the molecule is Fc1cccc(CC(CCl)Cc2nccs2)c1. The van der Waals surface area contributed by atoms with Crippen molar-refractivity contribution >= 4 is 22.9 Å². The Kier molecular flexibility index (Phi) is 4.51. The van der Waals surface area contributed by atoms with Crippen LogP contribution in [0.4, 0.5) is 4.39 Å². The standard InChI is InChI=1S/C13H13ClFNS/c14-9-11(8-13-16-4-5-17-13)6-10-2-1-3-12(15)7-10/h1-5,7,11H,6,8-9H2. The van der Waals surface area contributed by atoms with E-state index in [4.69, 9.17) is 11.6 Å². The van der Waals surface area contributed by atoms with Gasteiger partial charge >= 0.3 is 0 Å². The number of hydrogen-bond donors (Lipinski definition) is 0. The lowest BCUT2D eigenvalue weighted by molar-refractivity contribution is 0.575. The molecule has 1 nitrogen and oxygen atoms in total. The minimum Gasteiger partial charge on any atom is -0.250 e. The Balaban J connectivity index is 2.00. The third-order valence-corrected chi connectivity index (χ3v) is 3.82. The van der Waals surface area contributed by atoms with Crippen LogP contribution in [0.5, 0.6) is 0 Å². The van der Waals surface area contributed by atoms with E-state index in [-0.39, 0.29) is 5.82 Å². The van der Waals surface area contributed by atoms with Gasteiger partial charge in [-0.2, -0.15) is 0 Å². The van der Waals surface area contributed by atoms with Gasteiger partial charge in [0.05, 0.1) is 5.01 Å². The van der Waals surface area contributed by atoms with E-state index in [1.165, 1.54) is 6.07 Å². The normalized spacial score (nSPS) is 12.6. The summed E-state index contributed by atoms with van der Waals surface area (Å²) >= 11 is 7.59. The highest BCUT2D eigenvalue weighted by Crippen LogP contribution is 2.18. The van der Waals surface area contributed by atoms with E-state index < -0.39 is 0 Å². The highest BCUT2D eigenvalue weighted by molar-refractivity contribution is 7.09. The first-order valence-corrected chi connectivity index (χ1v) is 6.88. The van der Waals surface area contributed by atoms with Gasteiger partial charge in [0, 0.05) is 23.9 Å². The second-order valence-corrected chi connectivity index (χ2v) is 5.27. The third-order valence-electron chi connectivity index (χ3n) is 2.58. The number of alkyl halides is 1. The van der Waals surface area contributed by atoms with Crippen LogP contribution in [0.15, 0.2) is 35.8 Å². The molecule has 1 aromatic carbocycles. The average Bonchev–Trinajstić information content (AvgIpc) is 2.81. The predicted molar refractivity (Wildman–Crippen MR) is 70.1 cm³/mol. The minimum absolute atomic E-state index is 0.190. The second kappa shape index (κ2) is 6.12. The van der Waals surface area contributed by atoms with Crippen molar-refractivity contribution < 1.29 is 4.39 Å². The molecule has 0 aliphatic rings. The molecule has 0 amide bonds. The van der Waals surface area contributed by atoms with Gasteiger partial charge in [-0.25, -0.2) is 9.37 Å². The van der Waals surface area contributed by atoms with Crippen LogP contribution in [0, 0.1) is 11.7 Å². The summed E-state index contributed by atoms with van der Waals surface area (Å²) in [6, 6.07) is 6.70. The molecule has 17 heavy (non-hydrogen) atoms. The lowest BCUT2D eigenvalue weighted by Crippen LogP contribution is -2.10. The number of aromatic nitrogens is 1. The van der Waals surface area contributed by atoms with Crippen LogP contribution in [0.25, 0.3) is 0 Å². The van der Waals surface area contributed by atoms with E-state index >= 15 is 0 Å². The van der Waals surface area contributed by atoms with Crippen LogP contribution < -0.4 is 0 Å². The summed E-state index contributed by atoms with van der Waals surface area (Å²) in [7, 11) is 0. The van der Waals surface area contributed by atoms with E-state index in [1.807, 2.05) is 11.4 Å². The molecular weight excluding hydrogens is 257 g/mol. The molecule has 0 aliphatic heterocycles. The van der Waals surface area contributed by atoms with Crippen molar-refractivity contribution in [2.75, 3.05) is 5.88 Å². The molecule has 2 aromatic rings. The molecule has 1 heterocycles. The van der Waals surface area contributed by atoms with Crippen molar-refractivity contribution in [3.8, 4) is 0 Å². The predicted octanol–water partition coefficient (Wildman–Crippen LogP) is 3.92. The summed E-state index contributed by atoms with van der Waals surface area (Å²) in [5.74, 6) is 0.686. The fraction of sp³-hybridized carbons (Fsp3) is 0.308. The van der Waals surface area contributed by atoms with Gasteiger partial charge in [-0.3, -0.25) is 0 Å². The molecule has 1 atom stereocenters. The monoisotopic (exact) mass is 269 g/mol. The Bertz CT molecular complexity index is 458. The summed E-state index contributed by atoms with van der Waals surface area (Å²) in [5.41, 5.74) is 0.993. The number of benzene rings is 1. The van der Waals surface area contributed by atoms with E-state index in [0.717, 1.165) is 23.4 Å². The zero-order valence-corrected chi connectivity index (χ0v) is 10.8. The van der Waals surface area contributed by atoms with Crippen LogP contribution in [-0.2, 0) is 12.8 Å². The number of nitrogens with zero attached hydrogens (tertiary/aromatic N) is 1. The van der Waals surface area contributed by atoms with Crippen LogP contribution >= 0.6 is 22.9 Å². The van der Waals surface area contributed by atoms with Gasteiger partial charge in [0.25, 0.3) is 0 Å². The van der Waals surface area contributed by atoms with E-state index in [2.05, 4.69) is 4.98 Å². The highest BCUT2D eigenvalue weighted by Gasteiger charge is 2.11. The maximum Gasteiger partial charge on any atom is 0.123 e. The quantitative estimate of drug-likeness (QED) is 0.750. The van der Waals surface area contributed by atoms with Crippen LogP contribution in [0.3, 0.4) is 0 Å². The van der Waals surface area contributed by atoms with Gasteiger partial charge < -0.3 is 0 Å². The number of halogens is 2. The summed E-state index contributed by atoms with van der Waals surface area (Å²) in [6.07, 6.45) is 3.45. The summed E-state index contributed by atoms with van der Waals surface area (Å²) in [4.78, 5) is 4.25. The highest BCUT2D eigenvalue weighted by atomic mass is 35.5. The third kappa shape index (κ3) is 3.79. The van der Waals surface area contributed by atoms with E-state index in [1.54, 1.807) is 29.7 Å². The smallest absolute Gasteiger partial charge is 0.123 e. The number of hydrogen-bond acceptors (Lipinski definition) is 2. The van der Waals surface area contributed by atoms with Crippen molar-refractivity contribution in [2.45, 2.75) is 12.8 Å². The summed E-state index contributed by atoms with van der Waals surface area (Å²) in [5, 5.41) is 3.05. The zero-order chi connectivity index (χ0) is 12.1. The van der Waals surface area contributed by atoms with E-state index in [0.29, 0.717) is 11.8 Å². The molecule has 0 radical (unpaired) electrons. The van der Waals surface area contributed by atoms with Gasteiger partial charge in [-0.1, -0.05) is 12.1 Å². The maximum atomic E-state index is 13.1. The first-order chi connectivity index (χ1) is 8.28. The summed E-state index contributed by atoms with van der Waals surface area (Å²) in [6.45, 7) is 0. The Morgan fingerprint density at radius 1 is 1.35 bits per heavy atom. The Morgan fingerprint density at radius 3 is 2.88 bits per heavy atom. The van der Waals surface area contributed by atoms with Crippen LogP contribution in [0.2, 0.25) is 0 Å². The fourth-order valence-corrected chi connectivity index (χ4v) is 2.73. The average molecular weight is 270 g/mol. The molecule has 0 fully saturated rings. The summed E-state index contributed by atoms with van der Waals surface area (Å²) < 4.78 is 13.1. The first-order valence-electron chi connectivity index (χ1n) is 5.46. The Labute approximate surface area is 109 Å². The zero-order valence-electron chi connectivity index (χ0n) is 9.27. The lowest BCUT2D eigenvalue weighted by Gasteiger charge is -2.12. The van der Waals surface area contributed by atoms with E-state index in [9.17, 15) is 4.39 Å². The van der Waals surface area contributed by atoms with Gasteiger partial charge in [0.2, 0.25) is 0 Å². The first kappa shape index (κ1) is 12.5. The van der Waals surface area contributed by atoms with Crippen molar-refractivity contribution in [1.82, 2.24) is 4.98 Å². The molecule has 1 aromatic heterocycles. The molecule has 0 bridgehead atoms. The van der Waals surface area contributed by atoms with Crippen molar-refractivity contribution in [2.24, 2.45) is 5.92 Å².